The van der Waals surface area contributed by atoms with Crippen molar-refractivity contribution in [2.24, 2.45) is 10.8 Å². The lowest BCUT2D eigenvalue weighted by atomic mass is 10.1. The van der Waals surface area contributed by atoms with Crippen molar-refractivity contribution in [2.75, 3.05) is 6.79 Å². The van der Waals surface area contributed by atoms with Crippen LogP contribution in [-0.4, -0.2) is 18.5 Å². The number of nitrogens with one attached hydrogen (secondary N) is 1. The minimum absolute atomic E-state index is 0.259. The highest BCUT2D eigenvalue weighted by Gasteiger charge is 2.13. The van der Waals surface area contributed by atoms with Gasteiger partial charge < -0.3 is 15.2 Å². The van der Waals surface area contributed by atoms with Crippen LogP contribution in [0.1, 0.15) is 12.5 Å². The average Bonchev–Trinajstić information content (AvgIpc) is 2.73. The molecule has 0 radical (unpaired) electrons. The van der Waals surface area contributed by atoms with E-state index in [0.717, 1.165) is 22.8 Å². The number of hydrazone groups is 1. The van der Waals surface area contributed by atoms with Crippen molar-refractivity contribution in [3.63, 3.8) is 0 Å². The monoisotopic (exact) mass is 235 g/mol. The number of primary amides is 1. The Morgan fingerprint density at radius 2 is 2.24 bits per heavy atom. The highest BCUT2D eigenvalue weighted by molar-refractivity contribution is 5.85. The highest BCUT2D eigenvalue weighted by Crippen LogP contribution is 2.32. The van der Waals surface area contributed by atoms with Gasteiger partial charge in [0, 0.05) is 12.1 Å². The van der Waals surface area contributed by atoms with Crippen LogP contribution in [0.15, 0.2) is 23.3 Å². The van der Waals surface area contributed by atoms with E-state index in [-0.39, 0.29) is 6.79 Å². The van der Waals surface area contributed by atoms with Gasteiger partial charge in [-0.05, 0) is 24.6 Å². The number of rotatable bonds is 3. The first-order chi connectivity index (χ1) is 8.15. The largest absolute Gasteiger partial charge is 0.454 e. The fourth-order valence-electron chi connectivity index (χ4n) is 1.54. The molecule has 0 unspecified atom stereocenters. The molecule has 1 aromatic rings. The summed E-state index contributed by atoms with van der Waals surface area (Å²) in [5, 5.41) is 3.83. The summed E-state index contributed by atoms with van der Waals surface area (Å²) in [5.74, 6) is 1.48. The standard InChI is InChI=1S/C11H13N3O3/c1-7(13-14-11(12)15)4-8-2-3-9-10(5-8)17-6-16-9/h2-3,5H,4,6H2,1H3,(H3,12,14,15)/b13-7+. The van der Waals surface area contributed by atoms with E-state index in [1.807, 2.05) is 18.2 Å². The van der Waals surface area contributed by atoms with Gasteiger partial charge in [0.1, 0.15) is 0 Å². The molecule has 0 saturated heterocycles. The van der Waals surface area contributed by atoms with Gasteiger partial charge in [0.2, 0.25) is 6.79 Å². The van der Waals surface area contributed by atoms with E-state index in [9.17, 15) is 4.79 Å². The van der Waals surface area contributed by atoms with Gasteiger partial charge in [-0.1, -0.05) is 6.07 Å². The summed E-state index contributed by atoms with van der Waals surface area (Å²) < 4.78 is 10.5. The number of urea groups is 1. The fourth-order valence-corrected chi connectivity index (χ4v) is 1.54. The van der Waals surface area contributed by atoms with Crippen molar-refractivity contribution >= 4 is 11.7 Å². The lowest BCUT2D eigenvalue weighted by Gasteiger charge is -2.03. The first kappa shape index (κ1) is 11.3. The number of carbonyl (C=O) groups excluding carboxylic acids is 1. The van der Waals surface area contributed by atoms with Gasteiger partial charge in [0.15, 0.2) is 11.5 Å². The Morgan fingerprint density at radius 3 is 3.00 bits per heavy atom. The molecule has 0 bridgehead atoms. The molecule has 1 aliphatic rings. The Hall–Kier alpha value is -2.24. The van der Waals surface area contributed by atoms with Crippen LogP contribution >= 0.6 is 0 Å². The molecule has 1 heterocycles. The molecule has 0 fully saturated rings. The van der Waals surface area contributed by atoms with Gasteiger partial charge >= 0.3 is 6.03 Å². The van der Waals surface area contributed by atoms with E-state index >= 15 is 0 Å². The van der Waals surface area contributed by atoms with Crippen LogP contribution in [0.4, 0.5) is 4.79 Å². The third-order valence-electron chi connectivity index (χ3n) is 2.25. The summed E-state index contributed by atoms with van der Waals surface area (Å²) in [4.78, 5) is 10.5. The maximum atomic E-state index is 10.5. The molecule has 3 N–H and O–H groups in total. The van der Waals surface area contributed by atoms with Gasteiger partial charge in [-0.15, -0.1) is 0 Å². The smallest absolute Gasteiger partial charge is 0.332 e. The number of nitrogens with two attached hydrogens (primary N) is 1. The van der Waals surface area contributed by atoms with Crippen molar-refractivity contribution in [1.82, 2.24) is 5.43 Å². The topological polar surface area (TPSA) is 85.9 Å². The summed E-state index contributed by atoms with van der Waals surface area (Å²) >= 11 is 0. The molecule has 2 amide bonds. The Balaban J connectivity index is 2.04. The van der Waals surface area contributed by atoms with E-state index in [0.29, 0.717) is 6.42 Å². The van der Waals surface area contributed by atoms with Crippen molar-refractivity contribution in [1.29, 1.82) is 0 Å². The second kappa shape index (κ2) is 4.73. The first-order valence-electron chi connectivity index (χ1n) is 5.12. The fraction of sp³-hybridized carbons (Fsp3) is 0.273. The zero-order chi connectivity index (χ0) is 12.3. The summed E-state index contributed by atoms with van der Waals surface area (Å²) in [6.45, 7) is 2.07. The van der Waals surface area contributed by atoms with E-state index in [4.69, 9.17) is 15.2 Å². The van der Waals surface area contributed by atoms with Crippen LogP contribution in [0.3, 0.4) is 0 Å². The van der Waals surface area contributed by atoms with Gasteiger partial charge in [0.05, 0.1) is 0 Å². The SMILES string of the molecule is C/C(Cc1ccc2c(c1)OCO2)=N\NC(N)=O. The zero-order valence-corrected chi connectivity index (χ0v) is 9.40. The quantitative estimate of drug-likeness (QED) is 0.605. The van der Waals surface area contributed by atoms with Crippen molar-refractivity contribution in [2.45, 2.75) is 13.3 Å². The molecule has 1 aromatic carbocycles. The van der Waals surface area contributed by atoms with E-state index in [1.54, 1.807) is 6.92 Å². The maximum absolute atomic E-state index is 10.5. The molecule has 6 nitrogen and oxygen atoms in total. The highest BCUT2D eigenvalue weighted by atomic mass is 16.7. The van der Waals surface area contributed by atoms with Crippen LogP contribution in [0.5, 0.6) is 11.5 Å². The van der Waals surface area contributed by atoms with Gasteiger partial charge in [-0.3, -0.25) is 0 Å². The van der Waals surface area contributed by atoms with Crippen LogP contribution in [0.25, 0.3) is 0 Å². The third-order valence-corrected chi connectivity index (χ3v) is 2.25. The van der Waals surface area contributed by atoms with Gasteiger partial charge in [-0.2, -0.15) is 5.10 Å². The van der Waals surface area contributed by atoms with E-state index in [2.05, 4.69) is 10.5 Å². The van der Waals surface area contributed by atoms with Crippen molar-refractivity contribution in [3.8, 4) is 11.5 Å². The number of fused-ring (bicyclic) bond motifs is 1. The zero-order valence-electron chi connectivity index (χ0n) is 9.40. The van der Waals surface area contributed by atoms with Crippen LogP contribution in [-0.2, 0) is 6.42 Å². The van der Waals surface area contributed by atoms with Gasteiger partial charge in [0.25, 0.3) is 0 Å². The van der Waals surface area contributed by atoms with Crippen LogP contribution in [0, 0.1) is 0 Å². The molecule has 0 saturated carbocycles. The summed E-state index contributed by atoms with van der Waals surface area (Å²) in [6.07, 6.45) is 0.608. The van der Waals surface area contributed by atoms with E-state index < -0.39 is 6.03 Å². The predicted octanol–water partition coefficient (Wildman–Crippen LogP) is 1.00. The van der Waals surface area contributed by atoms with Crippen LogP contribution in [0.2, 0.25) is 0 Å². The third kappa shape index (κ3) is 2.87. The minimum Gasteiger partial charge on any atom is -0.454 e. The number of ether oxygens (including phenoxy) is 2. The second-order valence-corrected chi connectivity index (χ2v) is 3.69. The number of benzene rings is 1. The molecule has 0 aliphatic carbocycles. The predicted molar refractivity (Wildman–Crippen MR) is 62.1 cm³/mol. The average molecular weight is 235 g/mol. The van der Waals surface area contributed by atoms with Crippen molar-refractivity contribution in [3.05, 3.63) is 23.8 Å². The van der Waals surface area contributed by atoms with Gasteiger partial charge in [-0.25, -0.2) is 10.2 Å². The minimum atomic E-state index is -0.671. The van der Waals surface area contributed by atoms with Crippen molar-refractivity contribution < 1.29 is 14.3 Å². The molecule has 17 heavy (non-hydrogen) atoms. The molecule has 0 aromatic heterocycles. The lowest BCUT2D eigenvalue weighted by molar-refractivity contribution is 0.174. The number of hydrogen-bond acceptors (Lipinski definition) is 4. The molecule has 2 rings (SSSR count). The number of nitrogens with zero attached hydrogens (tertiary/aromatic N) is 1. The molecular formula is C11H13N3O3. The molecule has 6 heteroatoms. The summed E-state index contributed by atoms with van der Waals surface area (Å²) in [5.41, 5.74) is 8.88. The number of hydrogen-bond donors (Lipinski definition) is 2. The Kier molecular flexibility index (Phi) is 3.13. The summed E-state index contributed by atoms with van der Waals surface area (Å²) in [7, 11) is 0. The lowest BCUT2D eigenvalue weighted by Crippen LogP contribution is -2.25. The van der Waals surface area contributed by atoms with Crippen LogP contribution < -0.4 is 20.6 Å². The molecule has 0 atom stereocenters. The Labute approximate surface area is 98.4 Å². The second-order valence-electron chi connectivity index (χ2n) is 3.69. The number of amides is 2. The molecule has 1 aliphatic heterocycles. The Bertz CT molecular complexity index is 471. The molecule has 0 spiro atoms. The molecule has 90 valence electrons. The Morgan fingerprint density at radius 1 is 1.47 bits per heavy atom. The summed E-state index contributed by atoms with van der Waals surface area (Å²) in [6, 6.07) is 5.00. The molecular weight excluding hydrogens is 222 g/mol. The maximum Gasteiger partial charge on any atom is 0.332 e. The normalized spacial score (nSPS) is 13.6. The number of carbonyl (C=O) groups is 1. The first-order valence-corrected chi connectivity index (χ1v) is 5.12. The van der Waals surface area contributed by atoms with E-state index in [1.165, 1.54) is 0 Å².